The topological polar surface area (TPSA) is 24.5 Å². The maximum absolute atomic E-state index is 11.8. The van der Waals surface area contributed by atoms with Crippen molar-refractivity contribution in [1.29, 1.82) is 0 Å². The maximum atomic E-state index is 11.8. The third-order valence-electron chi connectivity index (χ3n) is 2.07. The molecular weight excluding hydrogens is 233 g/mol. The Bertz CT molecular complexity index is 336. The van der Waals surface area contributed by atoms with Crippen molar-refractivity contribution in [2.24, 2.45) is 0 Å². The number of hydrogen-bond donors (Lipinski definition) is 1. The zero-order valence-corrected chi connectivity index (χ0v) is 9.71. The average molecular weight is 248 g/mol. The molecule has 3 nitrogen and oxygen atoms in total. The highest BCUT2D eigenvalue weighted by atomic mass is 19.4. The molecule has 17 heavy (non-hydrogen) atoms. The van der Waals surface area contributed by atoms with E-state index in [9.17, 15) is 13.2 Å². The fourth-order valence-corrected chi connectivity index (χ4v) is 1.18. The van der Waals surface area contributed by atoms with Crippen LogP contribution in [0.4, 0.5) is 18.9 Å². The van der Waals surface area contributed by atoms with Crippen LogP contribution in [0.25, 0.3) is 0 Å². The molecule has 0 bridgehead atoms. The van der Waals surface area contributed by atoms with E-state index in [0.29, 0.717) is 0 Å². The summed E-state index contributed by atoms with van der Waals surface area (Å²) in [6.07, 6.45) is -4.30. The normalized spacial score (nSPS) is 11.6. The van der Waals surface area contributed by atoms with E-state index in [0.717, 1.165) is 11.3 Å². The van der Waals surface area contributed by atoms with Crippen LogP contribution in [0.5, 0.6) is 0 Å². The first-order chi connectivity index (χ1) is 7.88. The second-order valence-electron chi connectivity index (χ2n) is 3.79. The second kappa shape index (κ2) is 5.88. The molecule has 0 saturated heterocycles. The molecule has 0 amide bonds. The molecule has 0 saturated carbocycles. The van der Waals surface area contributed by atoms with Crippen LogP contribution in [0.3, 0.4) is 0 Å². The lowest BCUT2D eigenvalue weighted by Crippen LogP contribution is -2.24. The van der Waals surface area contributed by atoms with Gasteiger partial charge >= 0.3 is 6.18 Å². The van der Waals surface area contributed by atoms with E-state index in [1.165, 1.54) is 0 Å². The molecule has 0 aliphatic rings. The van der Waals surface area contributed by atoms with Crippen molar-refractivity contribution in [3.63, 3.8) is 0 Å². The SMILES string of the molecule is CN(C)c1ccc(CNOCC(F)(F)F)cc1. The highest BCUT2D eigenvalue weighted by Crippen LogP contribution is 2.14. The molecule has 1 N–H and O–H groups in total. The van der Waals surface area contributed by atoms with Crippen molar-refractivity contribution >= 4 is 5.69 Å². The van der Waals surface area contributed by atoms with Crippen molar-refractivity contribution in [3.05, 3.63) is 29.8 Å². The van der Waals surface area contributed by atoms with Crippen molar-refractivity contribution in [1.82, 2.24) is 5.48 Å². The Balaban J connectivity index is 2.33. The molecule has 0 atom stereocenters. The minimum Gasteiger partial charge on any atom is -0.378 e. The minimum absolute atomic E-state index is 0.240. The number of halogens is 3. The molecule has 6 heteroatoms. The second-order valence-corrected chi connectivity index (χ2v) is 3.79. The van der Waals surface area contributed by atoms with Crippen molar-refractivity contribution in [2.75, 3.05) is 25.6 Å². The lowest BCUT2D eigenvalue weighted by molar-refractivity contribution is -0.190. The summed E-state index contributed by atoms with van der Waals surface area (Å²) in [5, 5.41) is 0. The summed E-state index contributed by atoms with van der Waals surface area (Å²) in [7, 11) is 3.83. The number of benzene rings is 1. The third kappa shape index (κ3) is 5.55. The Kier molecular flexibility index (Phi) is 4.77. The van der Waals surface area contributed by atoms with Gasteiger partial charge in [-0.2, -0.15) is 18.7 Å². The summed E-state index contributed by atoms with van der Waals surface area (Å²) >= 11 is 0. The maximum Gasteiger partial charge on any atom is 0.413 e. The van der Waals surface area contributed by atoms with E-state index in [1.54, 1.807) is 0 Å². The number of nitrogens with zero attached hydrogens (tertiary/aromatic N) is 1. The number of hydroxylamine groups is 1. The van der Waals surface area contributed by atoms with Gasteiger partial charge in [0.15, 0.2) is 6.61 Å². The quantitative estimate of drug-likeness (QED) is 0.639. The summed E-state index contributed by atoms with van der Waals surface area (Å²) < 4.78 is 35.3. The van der Waals surface area contributed by atoms with Crippen LogP contribution < -0.4 is 10.4 Å². The summed E-state index contributed by atoms with van der Waals surface area (Å²) in [5.41, 5.74) is 4.16. The zero-order valence-electron chi connectivity index (χ0n) is 9.71. The van der Waals surface area contributed by atoms with Gasteiger partial charge in [0.1, 0.15) is 0 Å². The van der Waals surface area contributed by atoms with Crippen LogP contribution in [0.2, 0.25) is 0 Å². The molecule has 96 valence electrons. The van der Waals surface area contributed by atoms with Crippen LogP contribution in [-0.2, 0) is 11.4 Å². The molecule has 0 aromatic heterocycles. The number of nitrogens with one attached hydrogen (secondary N) is 1. The Morgan fingerprint density at radius 1 is 1.18 bits per heavy atom. The van der Waals surface area contributed by atoms with E-state index in [1.807, 2.05) is 43.3 Å². The monoisotopic (exact) mass is 248 g/mol. The molecule has 0 heterocycles. The predicted molar refractivity (Wildman–Crippen MR) is 59.6 cm³/mol. The van der Waals surface area contributed by atoms with Gasteiger partial charge in [-0.05, 0) is 17.7 Å². The third-order valence-corrected chi connectivity index (χ3v) is 2.07. The lowest BCUT2D eigenvalue weighted by atomic mass is 10.2. The number of rotatable bonds is 5. The fourth-order valence-electron chi connectivity index (χ4n) is 1.18. The highest BCUT2D eigenvalue weighted by Gasteiger charge is 2.27. The van der Waals surface area contributed by atoms with E-state index in [-0.39, 0.29) is 6.54 Å². The number of hydrogen-bond acceptors (Lipinski definition) is 3. The fraction of sp³-hybridized carbons (Fsp3) is 0.455. The van der Waals surface area contributed by atoms with Crippen LogP contribution in [0.15, 0.2) is 24.3 Å². The van der Waals surface area contributed by atoms with Crippen LogP contribution in [0, 0.1) is 0 Å². The molecule has 1 aromatic rings. The van der Waals surface area contributed by atoms with E-state index in [2.05, 4.69) is 10.3 Å². The Morgan fingerprint density at radius 2 is 1.76 bits per heavy atom. The van der Waals surface area contributed by atoms with Gasteiger partial charge in [-0.3, -0.25) is 4.84 Å². The average Bonchev–Trinajstić information content (AvgIpc) is 2.24. The summed E-state index contributed by atoms with van der Waals surface area (Å²) in [5.74, 6) is 0. The highest BCUT2D eigenvalue weighted by molar-refractivity contribution is 5.45. The van der Waals surface area contributed by atoms with Crippen LogP contribution >= 0.6 is 0 Å². The molecule has 1 aromatic carbocycles. The van der Waals surface area contributed by atoms with Crippen molar-refractivity contribution in [2.45, 2.75) is 12.7 Å². The van der Waals surface area contributed by atoms with E-state index >= 15 is 0 Å². The molecule has 0 aliphatic heterocycles. The number of alkyl halides is 3. The molecule has 0 radical (unpaired) electrons. The van der Waals surface area contributed by atoms with Gasteiger partial charge in [0.25, 0.3) is 0 Å². The van der Waals surface area contributed by atoms with E-state index < -0.39 is 12.8 Å². The van der Waals surface area contributed by atoms with Gasteiger partial charge in [-0.1, -0.05) is 12.1 Å². The Hall–Kier alpha value is -1.27. The van der Waals surface area contributed by atoms with Crippen molar-refractivity contribution in [3.8, 4) is 0 Å². The van der Waals surface area contributed by atoms with Gasteiger partial charge in [-0.25, -0.2) is 0 Å². The molecular formula is C11H15F3N2O. The molecule has 0 fully saturated rings. The molecule has 0 spiro atoms. The summed E-state index contributed by atoms with van der Waals surface area (Å²) in [6.45, 7) is -1.05. The first-order valence-corrected chi connectivity index (χ1v) is 5.06. The Morgan fingerprint density at radius 3 is 2.24 bits per heavy atom. The smallest absolute Gasteiger partial charge is 0.378 e. The van der Waals surface area contributed by atoms with E-state index in [4.69, 9.17) is 0 Å². The van der Waals surface area contributed by atoms with Gasteiger partial charge < -0.3 is 4.90 Å². The molecule has 0 aliphatic carbocycles. The van der Waals surface area contributed by atoms with Gasteiger partial charge in [0.05, 0.1) is 0 Å². The largest absolute Gasteiger partial charge is 0.413 e. The first-order valence-electron chi connectivity index (χ1n) is 5.06. The zero-order chi connectivity index (χ0) is 12.9. The summed E-state index contributed by atoms with van der Waals surface area (Å²) in [4.78, 5) is 6.24. The van der Waals surface area contributed by atoms with Gasteiger partial charge in [-0.15, -0.1) is 0 Å². The van der Waals surface area contributed by atoms with Gasteiger partial charge in [0.2, 0.25) is 0 Å². The number of anilines is 1. The molecule has 0 unspecified atom stereocenters. The lowest BCUT2D eigenvalue weighted by Gasteiger charge is -2.13. The van der Waals surface area contributed by atoms with Crippen molar-refractivity contribution < 1.29 is 18.0 Å². The standard InChI is InChI=1S/C11H15F3N2O/c1-16(2)10-5-3-9(4-6-10)7-15-17-8-11(12,13)14/h3-6,15H,7-8H2,1-2H3. The first kappa shape index (κ1) is 13.8. The predicted octanol–water partition coefficient (Wildman–Crippen LogP) is 2.34. The van der Waals surface area contributed by atoms with Gasteiger partial charge in [0, 0.05) is 26.3 Å². The van der Waals surface area contributed by atoms with Crippen LogP contribution in [-0.4, -0.2) is 26.9 Å². The minimum atomic E-state index is -4.30. The van der Waals surface area contributed by atoms with Crippen LogP contribution in [0.1, 0.15) is 5.56 Å². The Labute approximate surface area is 98.1 Å². The summed E-state index contributed by atoms with van der Waals surface area (Å²) in [6, 6.07) is 7.44. The molecule has 1 rings (SSSR count).